The lowest BCUT2D eigenvalue weighted by Crippen LogP contribution is -2.36. The highest BCUT2D eigenvalue weighted by Gasteiger charge is 2.27. The van der Waals surface area contributed by atoms with Gasteiger partial charge in [0.25, 0.3) is 0 Å². The summed E-state index contributed by atoms with van der Waals surface area (Å²) in [6.45, 7) is 4.42. The summed E-state index contributed by atoms with van der Waals surface area (Å²) in [5.74, 6) is 2.06. The topological polar surface area (TPSA) is 56.0 Å². The minimum atomic E-state index is -0.0424. The standard InChI is InChI=1S/C15H20ClN5O/c1-3-21-14(18-19(2)15(21)22)11-5-4-8-20(10-11)13-7-6-12(16)9-17-13/h6-7,9,11H,3-5,8,10H2,1-2H3/t11-/m0/s1. The molecule has 0 spiro atoms. The molecule has 1 fully saturated rings. The molecule has 7 heteroatoms. The predicted octanol–water partition coefficient (Wildman–Crippen LogP) is 2.03. The fraction of sp³-hybridized carbons (Fsp3) is 0.533. The molecule has 0 unspecified atom stereocenters. The van der Waals surface area contributed by atoms with E-state index in [1.54, 1.807) is 17.8 Å². The first kappa shape index (κ1) is 15.1. The van der Waals surface area contributed by atoms with Crippen LogP contribution < -0.4 is 10.6 Å². The van der Waals surface area contributed by atoms with Crippen molar-refractivity contribution in [3.63, 3.8) is 0 Å². The van der Waals surface area contributed by atoms with E-state index in [2.05, 4.69) is 15.0 Å². The van der Waals surface area contributed by atoms with E-state index < -0.39 is 0 Å². The lowest BCUT2D eigenvalue weighted by molar-refractivity contribution is 0.468. The zero-order chi connectivity index (χ0) is 15.7. The van der Waals surface area contributed by atoms with Crippen LogP contribution >= 0.6 is 11.6 Å². The zero-order valence-corrected chi connectivity index (χ0v) is 13.6. The Bertz CT molecular complexity index is 706. The van der Waals surface area contributed by atoms with E-state index in [4.69, 9.17) is 11.6 Å². The maximum atomic E-state index is 12.1. The molecule has 3 heterocycles. The molecule has 0 bridgehead atoms. The molecule has 2 aromatic rings. The van der Waals surface area contributed by atoms with E-state index in [9.17, 15) is 4.79 Å². The van der Waals surface area contributed by atoms with Gasteiger partial charge in [0.15, 0.2) is 0 Å². The van der Waals surface area contributed by atoms with Gasteiger partial charge in [-0.1, -0.05) is 11.6 Å². The maximum Gasteiger partial charge on any atom is 0.345 e. The Hall–Kier alpha value is -1.82. The van der Waals surface area contributed by atoms with E-state index in [1.807, 2.05) is 19.1 Å². The summed E-state index contributed by atoms with van der Waals surface area (Å²) in [5.41, 5.74) is -0.0424. The molecule has 1 atom stereocenters. The number of aromatic nitrogens is 4. The third-order valence-corrected chi connectivity index (χ3v) is 4.40. The van der Waals surface area contributed by atoms with Crippen molar-refractivity contribution in [3.05, 3.63) is 39.7 Å². The molecule has 1 saturated heterocycles. The van der Waals surface area contributed by atoms with Crippen LogP contribution in [0.2, 0.25) is 5.02 Å². The van der Waals surface area contributed by atoms with Crippen LogP contribution in [-0.4, -0.2) is 32.4 Å². The first-order valence-corrected chi connectivity index (χ1v) is 7.98. The van der Waals surface area contributed by atoms with Gasteiger partial charge >= 0.3 is 5.69 Å². The van der Waals surface area contributed by atoms with Crippen LogP contribution in [0.15, 0.2) is 23.1 Å². The summed E-state index contributed by atoms with van der Waals surface area (Å²) in [6, 6.07) is 3.80. The molecule has 6 nitrogen and oxygen atoms in total. The molecule has 0 radical (unpaired) electrons. The molecule has 0 saturated carbocycles. The Labute approximate surface area is 134 Å². The molecule has 118 valence electrons. The molecule has 22 heavy (non-hydrogen) atoms. The van der Waals surface area contributed by atoms with Crippen molar-refractivity contribution in [1.29, 1.82) is 0 Å². The second-order valence-electron chi connectivity index (χ2n) is 5.63. The van der Waals surface area contributed by atoms with E-state index in [0.29, 0.717) is 11.6 Å². The van der Waals surface area contributed by atoms with Gasteiger partial charge in [-0.2, -0.15) is 5.10 Å². The van der Waals surface area contributed by atoms with Gasteiger partial charge in [0.2, 0.25) is 0 Å². The lowest BCUT2D eigenvalue weighted by atomic mass is 9.97. The number of aryl methyl sites for hydroxylation is 1. The number of pyridine rings is 1. The van der Waals surface area contributed by atoms with Crippen molar-refractivity contribution in [2.45, 2.75) is 32.2 Å². The predicted molar refractivity (Wildman–Crippen MR) is 86.6 cm³/mol. The number of halogens is 1. The average Bonchev–Trinajstić information content (AvgIpc) is 2.83. The zero-order valence-electron chi connectivity index (χ0n) is 12.9. The van der Waals surface area contributed by atoms with Crippen molar-refractivity contribution in [1.82, 2.24) is 19.3 Å². The Morgan fingerprint density at radius 2 is 2.23 bits per heavy atom. The minimum Gasteiger partial charge on any atom is -0.356 e. The molecular formula is C15H20ClN5O. The summed E-state index contributed by atoms with van der Waals surface area (Å²) in [6.07, 6.45) is 3.77. The summed E-state index contributed by atoms with van der Waals surface area (Å²) in [7, 11) is 1.71. The van der Waals surface area contributed by atoms with E-state index in [0.717, 1.165) is 37.6 Å². The van der Waals surface area contributed by atoms with Gasteiger partial charge in [0, 0.05) is 38.8 Å². The molecule has 0 N–H and O–H groups in total. The molecule has 3 rings (SSSR count). The SMILES string of the molecule is CCn1c([C@H]2CCCN(c3ccc(Cl)cn3)C2)nn(C)c1=O. The van der Waals surface area contributed by atoms with Crippen molar-refractivity contribution >= 4 is 17.4 Å². The van der Waals surface area contributed by atoms with Crippen molar-refractivity contribution < 1.29 is 0 Å². The van der Waals surface area contributed by atoms with Crippen LogP contribution in [0.4, 0.5) is 5.82 Å². The normalized spacial score (nSPS) is 18.7. The van der Waals surface area contributed by atoms with Crippen molar-refractivity contribution in [2.24, 2.45) is 7.05 Å². The number of nitrogens with zero attached hydrogens (tertiary/aromatic N) is 5. The first-order chi connectivity index (χ1) is 10.6. The molecule has 0 aromatic carbocycles. The van der Waals surface area contributed by atoms with E-state index in [1.165, 1.54) is 4.68 Å². The highest BCUT2D eigenvalue weighted by molar-refractivity contribution is 6.30. The Kier molecular flexibility index (Phi) is 4.20. The fourth-order valence-corrected chi connectivity index (χ4v) is 3.19. The van der Waals surface area contributed by atoms with Crippen molar-refractivity contribution in [3.8, 4) is 0 Å². The van der Waals surface area contributed by atoms with Gasteiger partial charge in [0.05, 0.1) is 5.02 Å². The molecule has 1 aliphatic rings. The van der Waals surface area contributed by atoms with Gasteiger partial charge in [-0.25, -0.2) is 14.5 Å². The van der Waals surface area contributed by atoms with Gasteiger partial charge in [-0.3, -0.25) is 4.57 Å². The number of rotatable bonds is 3. The maximum absolute atomic E-state index is 12.1. The van der Waals surface area contributed by atoms with Gasteiger partial charge in [-0.05, 0) is 31.9 Å². The Morgan fingerprint density at radius 3 is 2.91 bits per heavy atom. The van der Waals surface area contributed by atoms with Crippen LogP contribution in [0.1, 0.15) is 31.5 Å². The lowest BCUT2D eigenvalue weighted by Gasteiger charge is -2.33. The van der Waals surface area contributed by atoms with Crippen LogP contribution in [0.5, 0.6) is 0 Å². The van der Waals surface area contributed by atoms with Gasteiger partial charge in [0.1, 0.15) is 11.6 Å². The van der Waals surface area contributed by atoms with Crippen LogP contribution in [0.25, 0.3) is 0 Å². The summed E-state index contributed by atoms with van der Waals surface area (Å²) in [4.78, 5) is 18.7. The van der Waals surface area contributed by atoms with Crippen molar-refractivity contribution in [2.75, 3.05) is 18.0 Å². The molecule has 0 amide bonds. The molecule has 0 aliphatic carbocycles. The summed E-state index contributed by atoms with van der Waals surface area (Å²) in [5, 5.41) is 5.09. The highest BCUT2D eigenvalue weighted by Crippen LogP contribution is 2.28. The van der Waals surface area contributed by atoms with Crippen LogP contribution in [0.3, 0.4) is 0 Å². The Morgan fingerprint density at radius 1 is 1.41 bits per heavy atom. The Balaban J connectivity index is 1.86. The third kappa shape index (κ3) is 2.75. The second-order valence-corrected chi connectivity index (χ2v) is 6.06. The average molecular weight is 322 g/mol. The molecule has 1 aliphatic heterocycles. The van der Waals surface area contributed by atoms with Gasteiger partial charge in [-0.15, -0.1) is 0 Å². The smallest absolute Gasteiger partial charge is 0.345 e. The number of hydrogen-bond acceptors (Lipinski definition) is 4. The van der Waals surface area contributed by atoms with Crippen LogP contribution in [0, 0.1) is 0 Å². The third-order valence-electron chi connectivity index (χ3n) is 4.18. The quantitative estimate of drug-likeness (QED) is 0.868. The molecular weight excluding hydrogens is 302 g/mol. The fourth-order valence-electron chi connectivity index (χ4n) is 3.07. The number of piperidine rings is 1. The monoisotopic (exact) mass is 321 g/mol. The largest absolute Gasteiger partial charge is 0.356 e. The van der Waals surface area contributed by atoms with E-state index >= 15 is 0 Å². The van der Waals surface area contributed by atoms with Gasteiger partial charge < -0.3 is 4.90 Å². The summed E-state index contributed by atoms with van der Waals surface area (Å²) < 4.78 is 3.20. The first-order valence-electron chi connectivity index (χ1n) is 7.60. The van der Waals surface area contributed by atoms with E-state index in [-0.39, 0.29) is 11.6 Å². The number of hydrogen-bond donors (Lipinski definition) is 0. The highest BCUT2D eigenvalue weighted by atomic mass is 35.5. The molecule has 2 aromatic heterocycles. The summed E-state index contributed by atoms with van der Waals surface area (Å²) >= 11 is 5.90. The number of anilines is 1. The van der Waals surface area contributed by atoms with Crippen LogP contribution in [-0.2, 0) is 13.6 Å². The second kappa shape index (κ2) is 6.12. The minimum absolute atomic E-state index is 0.0424.